The Hall–Kier alpha value is -1.54. The van der Waals surface area contributed by atoms with Gasteiger partial charge in [0.05, 0.1) is 24.1 Å². The minimum Gasteiger partial charge on any atom is -0.396 e. The number of aryl methyl sites for hydroxylation is 2. The molecule has 2 fully saturated rings. The molecule has 2 atom stereocenters. The van der Waals surface area contributed by atoms with Gasteiger partial charge in [-0.05, 0) is 45.8 Å². The molecule has 156 valence electrons. The minimum atomic E-state index is -0.273. The van der Waals surface area contributed by atoms with Gasteiger partial charge in [0, 0.05) is 37.0 Å². The quantitative estimate of drug-likeness (QED) is 0.771. The van der Waals surface area contributed by atoms with Crippen LogP contribution in [0.4, 0.5) is 0 Å². The summed E-state index contributed by atoms with van der Waals surface area (Å²) in [6.45, 7) is 5.70. The summed E-state index contributed by atoms with van der Waals surface area (Å²) in [7, 11) is 0. The number of likely N-dealkylation sites (tertiary alicyclic amines) is 2. The highest BCUT2D eigenvalue weighted by Gasteiger charge is 2.49. The van der Waals surface area contributed by atoms with Crippen LogP contribution in [0.3, 0.4) is 0 Å². The Balaban J connectivity index is 1.69. The molecule has 2 aliphatic rings. The highest BCUT2D eigenvalue weighted by atomic mass is 32.2. The molecule has 7 nitrogen and oxygen atoms in total. The molecule has 1 aromatic rings. The Bertz CT molecular complexity index is 703. The lowest BCUT2D eigenvalue weighted by atomic mass is 9.69. The Morgan fingerprint density at radius 2 is 2.07 bits per heavy atom. The van der Waals surface area contributed by atoms with Gasteiger partial charge in [0.25, 0.3) is 0 Å². The Morgan fingerprint density at radius 3 is 2.71 bits per heavy atom. The number of amides is 2. The SMILES string of the molecule is CSCC(=O)N1CCC[C@@]2(CO)CCN(C(=O)CCc3c(C)noc3C)C[C@H]12. The highest BCUT2D eigenvalue weighted by molar-refractivity contribution is 7.99. The van der Waals surface area contributed by atoms with Gasteiger partial charge in [-0.25, -0.2) is 0 Å². The van der Waals surface area contributed by atoms with Crippen molar-refractivity contribution in [2.45, 2.75) is 52.0 Å². The van der Waals surface area contributed by atoms with Crippen molar-refractivity contribution in [1.29, 1.82) is 0 Å². The fraction of sp³-hybridized carbons (Fsp3) is 0.750. The maximum Gasteiger partial charge on any atom is 0.232 e. The molecule has 0 aliphatic carbocycles. The van der Waals surface area contributed by atoms with Gasteiger partial charge in [-0.1, -0.05) is 5.16 Å². The molecule has 0 saturated carbocycles. The Kier molecular flexibility index (Phi) is 6.70. The second kappa shape index (κ2) is 8.86. The smallest absolute Gasteiger partial charge is 0.232 e. The zero-order valence-corrected chi connectivity index (χ0v) is 17.9. The number of fused-ring (bicyclic) bond motifs is 1. The van der Waals surface area contributed by atoms with Crippen LogP contribution < -0.4 is 0 Å². The zero-order chi connectivity index (χ0) is 20.3. The fourth-order valence-corrected chi connectivity index (χ4v) is 5.15. The third-order valence-corrected chi connectivity index (χ3v) is 6.99. The van der Waals surface area contributed by atoms with Crippen LogP contribution >= 0.6 is 11.8 Å². The van der Waals surface area contributed by atoms with E-state index in [1.807, 2.05) is 29.9 Å². The predicted octanol–water partition coefficient (Wildman–Crippen LogP) is 1.79. The summed E-state index contributed by atoms with van der Waals surface area (Å²) in [6.07, 6.45) is 5.51. The van der Waals surface area contributed by atoms with Crippen molar-refractivity contribution < 1.29 is 19.2 Å². The molecule has 3 rings (SSSR count). The number of nitrogens with zero attached hydrogens (tertiary/aromatic N) is 3. The lowest BCUT2D eigenvalue weighted by Crippen LogP contribution is -2.64. The summed E-state index contributed by atoms with van der Waals surface area (Å²) >= 11 is 1.52. The third kappa shape index (κ3) is 4.08. The first-order valence-electron chi connectivity index (χ1n) is 10.0. The molecule has 0 bridgehead atoms. The van der Waals surface area contributed by atoms with Crippen LogP contribution in [-0.4, -0.2) is 76.2 Å². The van der Waals surface area contributed by atoms with E-state index in [9.17, 15) is 14.7 Å². The molecule has 1 aromatic heterocycles. The molecule has 28 heavy (non-hydrogen) atoms. The number of hydrogen-bond donors (Lipinski definition) is 1. The van der Waals surface area contributed by atoms with Gasteiger partial charge < -0.3 is 19.4 Å². The van der Waals surface area contributed by atoms with Gasteiger partial charge in [0.2, 0.25) is 11.8 Å². The van der Waals surface area contributed by atoms with E-state index in [-0.39, 0.29) is 29.9 Å². The standard InChI is InChI=1S/C20H31N3O4S/c1-14-16(15(2)27-21-14)5-6-18(25)22-10-8-20(13-24)7-4-9-23(17(20)11-22)19(26)12-28-3/h17,24H,4-13H2,1-3H3/t17-,20-/m0/s1. The highest BCUT2D eigenvalue weighted by Crippen LogP contribution is 2.42. The van der Waals surface area contributed by atoms with E-state index in [4.69, 9.17) is 4.52 Å². The predicted molar refractivity (Wildman–Crippen MR) is 108 cm³/mol. The molecular weight excluding hydrogens is 378 g/mol. The lowest BCUT2D eigenvalue weighted by molar-refractivity contribution is -0.151. The van der Waals surface area contributed by atoms with Gasteiger partial charge in [-0.3, -0.25) is 9.59 Å². The number of piperidine rings is 2. The van der Waals surface area contributed by atoms with Crippen LogP contribution in [-0.2, 0) is 16.0 Å². The van der Waals surface area contributed by atoms with E-state index < -0.39 is 0 Å². The van der Waals surface area contributed by atoms with Crippen molar-refractivity contribution in [2.75, 3.05) is 38.2 Å². The average Bonchev–Trinajstić information content (AvgIpc) is 3.02. The first-order valence-corrected chi connectivity index (χ1v) is 11.4. The number of aliphatic hydroxyl groups excluding tert-OH is 1. The van der Waals surface area contributed by atoms with Crippen LogP contribution in [0.2, 0.25) is 0 Å². The second-order valence-corrected chi connectivity index (χ2v) is 8.92. The topological polar surface area (TPSA) is 86.9 Å². The van der Waals surface area contributed by atoms with Crippen molar-refractivity contribution in [2.24, 2.45) is 5.41 Å². The Morgan fingerprint density at radius 1 is 1.29 bits per heavy atom. The molecule has 0 radical (unpaired) electrons. The zero-order valence-electron chi connectivity index (χ0n) is 17.1. The van der Waals surface area contributed by atoms with E-state index in [2.05, 4.69) is 5.16 Å². The number of aromatic nitrogens is 1. The van der Waals surface area contributed by atoms with Gasteiger partial charge >= 0.3 is 0 Å². The number of rotatable bonds is 6. The Labute approximate surface area is 170 Å². The van der Waals surface area contributed by atoms with Crippen LogP contribution in [0.15, 0.2) is 4.52 Å². The molecule has 3 heterocycles. The number of hydrogen-bond acceptors (Lipinski definition) is 6. The summed E-state index contributed by atoms with van der Waals surface area (Å²) in [5.41, 5.74) is 1.57. The molecule has 2 amide bonds. The van der Waals surface area contributed by atoms with Crippen molar-refractivity contribution in [1.82, 2.24) is 15.0 Å². The summed E-state index contributed by atoms with van der Waals surface area (Å²) in [5.74, 6) is 1.41. The van der Waals surface area contributed by atoms with Gasteiger partial charge in [-0.15, -0.1) is 0 Å². The summed E-state index contributed by atoms with van der Waals surface area (Å²) in [6, 6.07) is -0.0948. The van der Waals surface area contributed by atoms with Crippen LogP contribution in [0.1, 0.15) is 42.7 Å². The van der Waals surface area contributed by atoms with Crippen molar-refractivity contribution in [3.63, 3.8) is 0 Å². The van der Waals surface area contributed by atoms with E-state index >= 15 is 0 Å². The van der Waals surface area contributed by atoms with Crippen molar-refractivity contribution in [3.8, 4) is 0 Å². The van der Waals surface area contributed by atoms with E-state index in [0.29, 0.717) is 38.2 Å². The normalized spacial score (nSPS) is 24.9. The minimum absolute atomic E-state index is 0.0713. The lowest BCUT2D eigenvalue weighted by Gasteiger charge is -2.54. The summed E-state index contributed by atoms with van der Waals surface area (Å²) in [5, 5.41) is 14.1. The number of carbonyl (C=O) groups is 2. The second-order valence-electron chi connectivity index (χ2n) is 8.05. The van der Waals surface area contributed by atoms with Crippen molar-refractivity contribution in [3.05, 3.63) is 17.0 Å². The molecular formula is C20H31N3O4S. The first-order chi connectivity index (χ1) is 13.4. The first kappa shape index (κ1) is 21.2. The monoisotopic (exact) mass is 409 g/mol. The molecule has 2 saturated heterocycles. The largest absolute Gasteiger partial charge is 0.396 e. The van der Waals surface area contributed by atoms with Gasteiger partial charge in [-0.2, -0.15) is 11.8 Å². The molecule has 8 heteroatoms. The summed E-state index contributed by atoms with van der Waals surface area (Å²) in [4.78, 5) is 29.3. The summed E-state index contributed by atoms with van der Waals surface area (Å²) < 4.78 is 5.19. The van der Waals surface area contributed by atoms with Crippen LogP contribution in [0, 0.1) is 19.3 Å². The average molecular weight is 410 g/mol. The van der Waals surface area contributed by atoms with Crippen LogP contribution in [0.5, 0.6) is 0 Å². The maximum absolute atomic E-state index is 12.9. The van der Waals surface area contributed by atoms with E-state index in [1.54, 1.807) is 0 Å². The molecule has 1 N–H and O–H groups in total. The molecule has 0 unspecified atom stereocenters. The molecule has 0 spiro atoms. The number of thioether (sulfide) groups is 1. The van der Waals surface area contributed by atoms with Gasteiger partial charge in [0.15, 0.2) is 0 Å². The number of aliphatic hydroxyl groups is 1. The van der Waals surface area contributed by atoms with Crippen molar-refractivity contribution >= 4 is 23.6 Å². The fourth-order valence-electron chi connectivity index (χ4n) is 4.74. The van der Waals surface area contributed by atoms with E-state index in [0.717, 1.165) is 36.3 Å². The molecule has 2 aliphatic heterocycles. The van der Waals surface area contributed by atoms with Gasteiger partial charge in [0.1, 0.15) is 5.76 Å². The van der Waals surface area contributed by atoms with E-state index in [1.165, 1.54) is 11.8 Å². The third-order valence-electron chi connectivity index (χ3n) is 6.46. The molecule has 0 aromatic carbocycles. The maximum atomic E-state index is 12.9. The van der Waals surface area contributed by atoms with Crippen LogP contribution in [0.25, 0.3) is 0 Å². The number of carbonyl (C=O) groups excluding carboxylic acids is 2.